The smallest absolute Gasteiger partial charge is 0.257 e. The van der Waals surface area contributed by atoms with E-state index in [0.717, 1.165) is 27.3 Å². The van der Waals surface area contributed by atoms with E-state index in [1.807, 2.05) is 60.7 Å². The first-order valence-corrected chi connectivity index (χ1v) is 9.21. The highest BCUT2D eigenvalue weighted by Gasteiger charge is 2.10. The number of nitrogens with one attached hydrogen (secondary N) is 2. The van der Waals surface area contributed by atoms with Crippen LogP contribution in [0.5, 0.6) is 5.75 Å². The van der Waals surface area contributed by atoms with Crippen molar-refractivity contribution >= 4 is 44.0 Å². The molecule has 0 bridgehead atoms. The molecule has 27 heavy (non-hydrogen) atoms. The Hall–Kier alpha value is -3.38. The van der Waals surface area contributed by atoms with Crippen molar-refractivity contribution in [3.05, 3.63) is 78.4 Å². The van der Waals surface area contributed by atoms with Crippen LogP contribution in [-0.2, 0) is 0 Å². The third-order valence-electron chi connectivity index (χ3n) is 4.03. The number of hydrogen-bond donors (Lipinski definition) is 2. The number of nitrogens with zero attached hydrogens (tertiary/aromatic N) is 1. The van der Waals surface area contributed by atoms with Crippen LogP contribution >= 0.6 is 11.3 Å². The summed E-state index contributed by atoms with van der Waals surface area (Å²) in [6.45, 7) is 0. The Morgan fingerprint density at radius 1 is 0.963 bits per heavy atom. The number of carbonyl (C=O) groups excluding carboxylic acids is 1. The highest BCUT2D eigenvalue weighted by Crippen LogP contribution is 2.29. The molecule has 0 aliphatic carbocycles. The summed E-state index contributed by atoms with van der Waals surface area (Å²) in [4.78, 5) is 16.9. The van der Waals surface area contributed by atoms with Gasteiger partial charge in [0.2, 0.25) is 0 Å². The zero-order valence-corrected chi connectivity index (χ0v) is 15.4. The SMILES string of the molecule is COc1ccc2nc(NC(=O)c3ccc(Nc4ccccc4)cc3)sc2c1. The van der Waals surface area contributed by atoms with E-state index in [1.54, 1.807) is 19.2 Å². The number of thiazole rings is 1. The monoisotopic (exact) mass is 375 g/mol. The topological polar surface area (TPSA) is 63.2 Å². The van der Waals surface area contributed by atoms with Crippen LogP contribution in [0.3, 0.4) is 0 Å². The molecule has 0 saturated carbocycles. The van der Waals surface area contributed by atoms with Gasteiger partial charge in [-0.3, -0.25) is 10.1 Å². The Bertz CT molecular complexity index is 1080. The normalized spacial score (nSPS) is 10.6. The van der Waals surface area contributed by atoms with Crippen molar-refractivity contribution in [1.82, 2.24) is 4.98 Å². The molecule has 0 atom stereocenters. The van der Waals surface area contributed by atoms with Crippen molar-refractivity contribution in [3.8, 4) is 5.75 Å². The maximum absolute atomic E-state index is 12.5. The van der Waals surface area contributed by atoms with Crippen molar-refractivity contribution in [2.24, 2.45) is 0 Å². The zero-order valence-electron chi connectivity index (χ0n) is 14.6. The molecule has 0 saturated heterocycles. The van der Waals surface area contributed by atoms with E-state index in [9.17, 15) is 4.79 Å². The second-order valence-electron chi connectivity index (χ2n) is 5.88. The average Bonchev–Trinajstić information content (AvgIpc) is 3.10. The van der Waals surface area contributed by atoms with Gasteiger partial charge in [0.05, 0.1) is 17.3 Å². The molecule has 0 radical (unpaired) electrons. The third-order valence-corrected chi connectivity index (χ3v) is 4.96. The average molecular weight is 375 g/mol. The Labute approximate surface area is 160 Å². The van der Waals surface area contributed by atoms with Gasteiger partial charge in [-0.2, -0.15) is 0 Å². The lowest BCUT2D eigenvalue weighted by atomic mass is 10.2. The number of para-hydroxylation sites is 1. The lowest BCUT2D eigenvalue weighted by Gasteiger charge is -2.07. The summed E-state index contributed by atoms with van der Waals surface area (Å²) < 4.78 is 6.19. The maximum atomic E-state index is 12.5. The number of amides is 1. The molecule has 0 spiro atoms. The van der Waals surface area contributed by atoms with Gasteiger partial charge < -0.3 is 10.1 Å². The van der Waals surface area contributed by atoms with Crippen LogP contribution in [0.25, 0.3) is 10.2 Å². The molecule has 0 unspecified atom stereocenters. The number of methoxy groups -OCH3 is 1. The van der Waals surface area contributed by atoms with Crippen LogP contribution in [0.1, 0.15) is 10.4 Å². The molecule has 0 fully saturated rings. The molecule has 0 aliphatic heterocycles. The number of hydrogen-bond acceptors (Lipinski definition) is 5. The summed E-state index contributed by atoms with van der Waals surface area (Å²) in [7, 11) is 1.63. The Morgan fingerprint density at radius 3 is 2.44 bits per heavy atom. The highest BCUT2D eigenvalue weighted by atomic mass is 32.1. The molecule has 5 nitrogen and oxygen atoms in total. The van der Waals surface area contributed by atoms with E-state index in [4.69, 9.17) is 4.74 Å². The minimum atomic E-state index is -0.188. The second kappa shape index (κ2) is 7.47. The van der Waals surface area contributed by atoms with Crippen LogP contribution in [-0.4, -0.2) is 18.0 Å². The Kier molecular flexibility index (Phi) is 4.72. The molecule has 1 heterocycles. The fraction of sp³-hybridized carbons (Fsp3) is 0.0476. The number of benzene rings is 3. The molecular formula is C21H17N3O2S. The molecule has 2 N–H and O–H groups in total. The summed E-state index contributed by atoms with van der Waals surface area (Å²) in [5, 5.41) is 6.72. The van der Waals surface area contributed by atoms with Gasteiger partial charge in [-0.15, -0.1) is 0 Å². The standard InChI is InChI=1S/C21H17N3O2S/c1-26-17-11-12-18-19(13-17)27-21(23-18)24-20(25)14-7-9-16(10-8-14)22-15-5-3-2-4-6-15/h2-13,22H,1H3,(H,23,24,25). The van der Waals surface area contributed by atoms with E-state index >= 15 is 0 Å². The van der Waals surface area contributed by atoms with Gasteiger partial charge in [-0.25, -0.2) is 4.98 Å². The fourth-order valence-corrected chi connectivity index (χ4v) is 3.54. The van der Waals surface area contributed by atoms with Gasteiger partial charge in [0.15, 0.2) is 5.13 Å². The van der Waals surface area contributed by atoms with Crippen LogP contribution < -0.4 is 15.4 Å². The quantitative estimate of drug-likeness (QED) is 0.497. The van der Waals surface area contributed by atoms with Crippen LogP contribution in [0.15, 0.2) is 72.8 Å². The predicted molar refractivity (Wildman–Crippen MR) is 110 cm³/mol. The van der Waals surface area contributed by atoms with Gasteiger partial charge in [-0.05, 0) is 54.6 Å². The van der Waals surface area contributed by atoms with E-state index in [1.165, 1.54) is 11.3 Å². The number of rotatable bonds is 5. The van der Waals surface area contributed by atoms with Gasteiger partial charge >= 0.3 is 0 Å². The van der Waals surface area contributed by atoms with Crippen molar-refractivity contribution in [3.63, 3.8) is 0 Å². The number of aromatic nitrogens is 1. The first kappa shape index (κ1) is 17.1. The molecule has 3 aromatic carbocycles. The number of ether oxygens (including phenoxy) is 1. The molecule has 1 amide bonds. The summed E-state index contributed by atoms with van der Waals surface area (Å²) >= 11 is 1.42. The van der Waals surface area contributed by atoms with Gasteiger partial charge in [0.1, 0.15) is 5.75 Å². The van der Waals surface area contributed by atoms with Crippen molar-refractivity contribution in [2.75, 3.05) is 17.7 Å². The van der Waals surface area contributed by atoms with Crippen LogP contribution in [0.2, 0.25) is 0 Å². The zero-order chi connectivity index (χ0) is 18.6. The highest BCUT2D eigenvalue weighted by molar-refractivity contribution is 7.22. The Morgan fingerprint density at radius 2 is 1.70 bits per heavy atom. The van der Waals surface area contributed by atoms with E-state index < -0.39 is 0 Å². The molecule has 134 valence electrons. The van der Waals surface area contributed by atoms with Gasteiger partial charge in [-0.1, -0.05) is 29.5 Å². The third kappa shape index (κ3) is 3.91. The molecule has 1 aromatic heterocycles. The molecule has 4 rings (SSSR count). The summed E-state index contributed by atoms with van der Waals surface area (Å²) in [5.41, 5.74) is 3.33. The van der Waals surface area contributed by atoms with E-state index in [2.05, 4.69) is 15.6 Å². The number of fused-ring (bicyclic) bond motifs is 1. The maximum Gasteiger partial charge on any atom is 0.257 e. The summed E-state index contributed by atoms with van der Waals surface area (Å²) in [6, 6.07) is 22.9. The number of anilines is 3. The minimum absolute atomic E-state index is 0.188. The largest absolute Gasteiger partial charge is 0.497 e. The van der Waals surface area contributed by atoms with Gasteiger partial charge in [0, 0.05) is 16.9 Å². The summed E-state index contributed by atoms with van der Waals surface area (Å²) in [5.74, 6) is 0.581. The van der Waals surface area contributed by atoms with E-state index in [-0.39, 0.29) is 5.91 Å². The van der Waals surface area contributed by atoms with Crippen molar-refractivity contribution in [2.45, 2.75) is 0 Å². The molecule has 6 heteroatoms. The first-order chi connectivity index (χ1) is 13.2. The summed E-state index contributed by atoms with van der Waals surface area (Å²) in [6.07, 6.45) is 0. The predicted octanol–water partition coefficient (Wildman–Crippen LogP) is 5.30. The van der Waals surface area contributed by atoms with E-state index in [0.29, 0.717) is 10.7 Å². The lowest BCUT2D eigenvalue weighted by molar-refractivity contribution is 0.102. The second-order valence-corrected chi connectivity index (χ2v) is 6.91. The van der Waals surface area contributed by atoms with Crippen LogP contribution in [0.4, 0.5) is 16.5 Å². The minimum Gasteiger partial charge on any atom is -0.497 e. The lowest BCUT2D eigenvalue weighted by Crippen LogP contribution is -2.11. The molecule has 4 aromatic rings. The fourth-order valence-electron chi connectivity index (χ4n) is 2.65. The first-order valence-electron chi connectivity index (χ1n) is 8.39. The molecule has 0 aliphatic rings. The Balaban J connectivity index is 1.46. The van der Waals surface area contributed by atoms with Gasteiger partial charge in [0.25, 0.3) is 5.91 Å². The molecular weight excluding hydrogens is 358 g/mol. The van der Waals surface area contributed by atoms with Crippen molar-refractivity contribution in [1.29, 1.82) is 0 Å². The number of carbonyl (C=O) groups is 1. The van der Waals surface area contributed by atoms with Crippen molar-refractivity contribution < 1.29 is 9.53 Å². The van der Waals surface area contributed by atoms with Crippen LogP contribution in [0, 0.1) is 0 Å².